The Kier molecular flexibility index (Phi) is 4.24. The van der Waals surface area contributed by atoms with Crippen LogP contribution in [0.4, 0.5) is 19.1 Å². The van der Waals surface area contributed by atoms with Gasteiger partial charge in [-0.3, -0.25) is 0 Å². The number of alkyl halides is 3. The summed E-state index contributed by atoms with van der Waals surface area (Å²) in [7, 11) is -3.01. The molecule has 3 rings (SSSR count). The molecular formula is C14H18F3N3O2S. The Morgan fingerprint density at radius 1 is 1.17 bits per heavy atom. The molecule has 0 amide bonds. The van der Waals surface area contributed by atoms with Crippen LogP contribution in [-0.4, -0.2) is 36.4 Å². The van der Waals surface area contributed by atoms with Gasteiger partial charge in [0.05, 0.1) is 11.5 Å². The molecule has 2 heterocycles. The van der Waals surface area contributed by atoms with E-state index >= 15 is 0 Å². The summed E-state index contributed by atoms with van der Waals surface area (Å²) in [5, 5.41) is 2.80. The smallest absolute Gasteiger partial charge is 0.354 e. The minimum atomic E-state index is -4.50. The maximum Gasteiger partial charge on any atom is 0.433 e. The Morgan fingerprint density at radius 2 is 1.91 bits per heavy atom. The molecule has 23 heavy (non-hydrogen) atoms. The summed E-state index contributed by atoms with van der Waals surface area (Å²) in [4.78, 5) is 7.87. The van der Waals surface area contributed by atoms with E-state index in [-0.39, 0.29) is 35.5 Å². The van der Waals surface area contributed by atoms with E-state index in [1.54, 1.807) is 0 Å². The van der Waals surface area contributed by atoms with Crippen molar-refractivity contribution in [1.82, 2.24) is 9.97 Å². The van der Waals surface area contributed by atoms with E-state index in [0.717, 1.165) is 6.42 Å². The molecule has 1 fully saturated rings. The number of anilines is 1. The lowest BCUT2D eigenvalue weighted by Gasteiger charge is -2.21. The number of nitrogens with zero attached hydrogens (tertiary/aromatic N) is 2. The van der Waals surface area contributed by atoms with Crippen LogP contribution in [0, 0.1) is 5.92 Å². The number of rotatable bonds is 3. The Balaban J connectivity index is 1.80. The highest BCUT2D eigenvalue weighted by molar-refractivity contribution is 7.91. The highest BCUT2D eigenvalue weighted by atomic mass is 32.2. The van der Waals surface area contributed by atoms with Gasteiger partial charge in [-0.05, 0) is 38.0 Å². The van der Waals surface area contributed by atoms with Gasteiger partial charge >= 0.3 is 6.18 Å². The Labute approximate surface area is 132 Å². The number of aromatic nitrogens is 2. The highest BCUT2D eigenvalue weighted by Crippen LogP contribution is 2.35. The zero-order valence-electron chi connectivity index (χ0n) is 12.5. The first-order valence-electron chi connectivity index (χ1n) is 7.66. The van der Waals surface area contributed by atoms with E-state index in [4.69, 9.17) is 0 Å². The fourth-order valence-electron chi connectivity index (χ4n) is 3.18. The summed E-state index contributed by atoms with van der Waals surface area (Å²) in [5.74, 6) is 0.0474. The van der Waals surface area contributed by atoms with Gasteiger partial charge in [0.25, 0.3) is 0 Å². The second kappa shape index (κ2) is 5.92. The average Bonchev–Trinajstić information content (AvgIpc) is 2.82. The summed E-state index contributed by atoms with van der Waals surface area (Å²) < 4.78 is 62.4. The van der Waals surface area contributed by atoms with Gasteiger partial charge in [-0.2, -0.15) is 13.2 Å². The zero-order valence-corrected chi connectivity index (χ0v) is 13.3. The molecule has 128 valence electrons. The summed E-state index contributed by atoms with van der Waals surface area (Å²) in [5.41, 5.74) is -0.193. The predicted molar refractivity (Wildman–Crippen MR) is 78.9 cm³/mol. The lowest BCUT2D eigenvalue weighted by molar-refractivity contribution is -0.142. The Bertz CT molecular complexity index is 704. The van der Waals surface area contributed by atoms with Crippen molar-refractivity contribution in [3.63, 3.8) is 0 Å². The Morgan fingerprint density at radius 3 is 2.57 bits per heavy atom. The van der Waals surface area contributed by atoms with Gasteiger partial charge in [0.2, 0.25) is 5.95 Å². The first-order chi connectivity index (χ1) is 10.7. The van der Waals surface area contributed by atoms with Crippen LogP contribution in [0.1, 0.15) is 36.2 Å². The molecule has 5 nitrogen and oxygen atoms in total. The van der Waals surface area contributed by atoms with Crippen molar-refractivity contribution in [3.05, 3.63) is 17.0 Å². The third-order valence-corrected chi connectivity index (χ3v) is 6.16. The first-order valence-corrected chi connectivity index (χ1v) is 9.48. The average molecular weight is 349 g/mol. The molecule has 1 aromatic rings. The molecule has 1 aromatic heterocycles. The molecule has 1 aliphatic heterocycles. The SMILES string of the molecule is O=S1(=O)CC[C@H](CNc2nc3c(c(C(F)(F)F)n2)CCCC3)C1. The molecule has 1 atom stereocenters. The van der Waals surface area contributed by atoms with Gasteiger partial charge in [0.1, 0.15) is 0 Å². The predicted octanol–water partition coefficient (Wildman–Crippen LogP) is 2.22. The van der Waals surface area contributed by atoms with Crippen LogP contribution in [-0.2, 0) is 28.9 Å². The fourth-order valence-corrected chi connectivity index (χ4v) is 5.04. The van der Waals surface area contributed by atoms with Crippen molar-refractivity contribution in [2.24, 2.45) is 5.92 Å². The minimum absolute atomic E-state index is 0.0535. The van der Waals surface area contributed by atoms with E-state index in [1.807, 2.05) is 0 Å². The molecule has 2 aliphatic rings. The van der Waals surface area contributed by atoms with Gasteiger partial charge in [-0.15, -0.1) is 0 Å². The standard InChI is InChI=1S/C14H18F3N3O2S/c15-14(16,17)12-10-3-1-2-4-11(10)19-13(20-12)18-7-9-5-6-23(21,22)8-9/h9H,1-8H2,(H,18,19,20)/t9-/m1/s1. The summed E-state index contributed by atoms with van der Waals surface area (Å²) in [6, 6.07) is 0. The maximum absolute atomic E-state index is 13.2. The van der Waals surface area contributed by atoms with E-state index in [2.05, 4.69) is 15.3 Å². The summed E-state index contributed by atoms with van der Waals surface area (Å²) in [6.45, 7) is 0.273. The third-order valence-electron chi connectivity index (χ3n) is 4.33. The van der Waals surface area contributed by atoms with Crippen molar-refractivity contribution < 1.29 is 21.6 Å². The molecule has 0 spiro atoms. The van der Waals surface area contributed by atoms with Crippen LogP contribution in [0.5, 0.6) is 0 Å². The summed E-state index contributed by atoms with van der Waals surface area (Å²) >= 11 is 0. The van der Waals surface area contributed by atoms with Gasteiger partial charge in [0, 0.05) is 17.8 Å². The number of sulfone groups is 1. The number of hydrogen-bond acceptors (Lipinski definition) is 5. The number of nitrogens with one attached hydrogen (secondary N) is 1. The van der Waals surface area contributed by atoms with Crippen molar-refractivity contribution >= 4 is 15.8 Å². The van der Waals surface area contributed by atoms with E-state index in [1.165, 1.54) is 0 Å². The van der Waals surface area contributed by atoms with Crippen LogP contribution >= 0.6 is 0 Å². The lowest BCUT2D eigenvalue weighted by Crippen LogP contribution is -2.22. The van der Waals surface area contributed by atoms with Crippen LogP contribution in [0.3, 0.4) is 0 Å². The minimum Gasteiger partial charge on any atom is -0.354 e. The van der Waals surface area contributed by atoms with Crippen LogP contribution in [0.15, 0.2) is 0 Å². The third kappa shape index (κ3) is 3.76. The monoisotopic (exact) mass is 349 g/mol. The molecule has 1 N–H and O–H groups in total. The van der Waals surface area contributed by atoms with E-state index in [0.29, 0.717) is 31.4 Å². The van der Waals surface area contributed by atoms with E-state index < -0.39 is 21.7 Å². The van der Waals surface area contributed by atoms with Crippen LogP contribution < -0.4 is 5.32 Å². The van der Waals surface area contributed by atoms with Gasteiger partial charge in [-0.25, -0.2) is 18.4 Å². The normalized spacial score (nSPS) is 23.5. The van der Waals surface area contributed by atoms with Crippen LogP contribution in [0.2, 0.25) is 0 Å². The maximum atomic E-state index is 13.2. The second-order valence-electron chi connectivity index (χ2n) is 6.18. The molecule has 0 saturated carbocycles. The van der Waals surface area contributed by atoms with Crippen LogP contribution in [0.25, 0.3) is 0 Å². The molecule has 1 aliphatic carbocycles. The lowest BCUT2D eigenvalue weighted by atomic mass is 9.94. The van der Waals surface area contributed by atoms with Gasteiger partial charge in [0.15, 0.2) is 15.5 Å². The quantitative estimate of drug-likeness (QED) is 0.906. The number of halogens is 3. The van der Waals surface area contributed by atoms with E-state index in [9.17, 15) is 21.6 Å². The highest BCUT2D eigenvalue weighted by Gasteiger charge is 2.38. The Hall–Kier alpha value is -1.38. The second-order valence-corrected chi connectivity index (χ2v) is 8.40. The number of aryl methyl sites for hydroxylation is 1. The molecule has 0 bridgehead atoms. The van der Waals surface area contributed by atoms with Crippen molar-refractivity contribution in [3.8, 4) is 0 Å². The molecule has 0 unspecified atom stereocenters. The van der Waals surface area contributed by atoms with Crippen molar-refractivity contribution in [1.29, 1.82) is 0 Å². The van der Waals surface area contributed by atoms with Crippen molar-refractivity contribution in [2.45, 2.75) is 38.3 Å². The molecule has 1 saturated heterocycles. The molecule has 0 radical (unpaired) electrons. The van der Waals surface area contributed by atoms with Gasteiger partial charge < -0.3 is 5.32 Å². The first kappa shape index (κ1) is 16.5. The van der Waals surface area contributed by atoms with Crippen molar-refractivity contribution in [2.75, 3.05) is 23.4 Å². The topological polar surface area (TPSA) is 72.0 Å². The summed E-state index contributed by atoms with van der Waals surface area (Å²) in [6.07, 6.45) is -1.57. The largest absolute Gasteiger partial charge is 0.433 e. The number of hydrogen-bond donors (Lipinski definition) is 1. The fraction of sp³-hybridized carbons (Fsp3) is 0.714. The zero-order chi connectivity index (χ0) is 16.7. The molecule has 9 heteroatoms. The molecular weight excluding hydrogens is 331 g/mol. The molecule has 0 aromatic carbocycles. The number of fused-ring (bicyclic) bond motifs is 1. The van der Waals surface area contributed by atoms with Gasteiger partial charge in [-0.1, -0.05) is 0 Å².